The van der Waals surface area contributed by atoms with E-state index in [1.165, 1.54) is 5.56 Å². The molecule has 0 spiro atoms. The monoisotopic (exact) mass is 441 g/mol. The predicted octanol–water partition coefficient (Wildman–Crippen LogP) is 6.82. The molecule has 0 aliphatic rings. The van der Waals surface area contributed by atoms with Gasteiger partial charge in [0.2, 0.25) is 6.29 Å². The van der Waals surface area contributed by atoms with E-state index in [9.17, 15) is 0 Å². The van der Waals surface area contributed by atoms with E-state index >= 15 is 0 Å². The van der Waals surface area contributed by atoms with Gasteiger partial charge in [-0.1, -0.05) is 63.2 Å². The maximum Gasteiger partial charge on any atom is 0.213 e. The van der Waals surface area contributed by atoms with Crippen molar-refractivity contribution in [3.05, 3.63) is 84.4 Å². The molecular weight excluding hydrogens is 410 g/mol. The molecular formula is C29H31NO3. The van der Waals surface area contributed by atoms with Gasteiger partial charge in [-0.3, -0.25) is 0 Å². The van der Waals surface area contributed by atoms with Crippen molar-refractivity contribution in [3.63, 3.8) is 0 Å². The molecule has 3 aromatic rings. The van der Waals surface area contributed by atoms with E-state index < -0.39 is 6.29 Å². The van der Waals surface area contributed by atoms with E-state index in [2.05, 4.69) is 51.1 Å². The van der Waals surface area contributed by atoms with Gasteiger partial charge in [0.1, 0.15) is 18.1 Å². The third-order valence-corrected chi connectivity index (χ3v) is 5.55. The van der Waals surface area contributed by atoms with Crippen LogP contribution in [0, 0.1) is 29.4 Å². The zero-order chi connectivity index (χ0) is 23.5. The normalized spacial score (nSPS) is 12.5. The number of hydrogen-bond acceptors (Lipinski definition) is 4. The van der Waals surface area contributed by atoms with Gasteiger partial charge >= 0.3 is 0 Å². The molecule has 3 rings (SSSR count). The Hall–Kier alpha value is -3.47. The molecule has 4 heteroatoms. The predicted molar refractivity (Wildman–Crippen MR) is 130 cm³/mol. The summed E-state index contributed by atoms with van der Waals surface area (Å²) < 4.78 is 17.4. The van der Waals surface area contributed by atoms with E-state index in [4.69, 9.17) is 19.5 Å². The number of hydrogen-bond donors (Lipinski definition) is 0. The first-order valence-electron chi connectivity index (χ1n) is 11.5. The van der Waals surface area contributed by atoms with Gasteiger partial charge in [-0.05, 0) is 65.8 Å². The molecule has 0 fully saturated rings. The standard InChI is InChI=1S/C29H31NO3/c1-4-28(22(2)3)25-12-16-27(17-13-25)33-29(18-19-30)32-21-20-31-26-14-10-24(11-15-26)23-8-6-5-7-9-23/h5-6,8,10-17,22,28-29H,4,18,20-21H2,1-3H3. The molecule has 2 unspecified atom stereocenters. The lowest BCUT2D eigenvalue weighted by atomic mass is 9.86. The molecule has 0 radical (unpaired) electrons. The smallest absolute Gasteiger partial charge is 0.213 e. The highest BCUT2D eigenvalue weighted by molar-refractivity contribution is 5.62. The zero-order valence-corrected chi connectivity index (χ0v) is 19.6. The van der Waals surface area contributed by atoms with Crippen molar-refractivity contribution in [1.29, 1.82) is 5.26 Å². The lowest BCUT2D eigenvalue weighted by Gasteiger charge is -2.21. The molecule has 170 valence electrons. The third kappa shape index (κ3) is 7.28. The van der Waals surface area contributed by atoms with Crippen LogP contribution in [0.5, 0.6) is 11.5 Å². The highest BCUT2D eigenvalue weighted by Crippen LogP contribution is 2.29. The fourth-order valence-electron chi connectivity index (χ4n) is 3.84. The van der Waals surface area contributed by atoms with Crippen molar-refractivity contribution in [2.75, 3.05) is 13.2 Å². The summed E-state index contributed by atoms with van der Waals surface area (Å²) in [6, 6.07) is 29.9. The van der Waals surface area contributed by atoms with Crippen LogP contribution in [0.15, 0.2) is 66.7 Å². The van der Waals surface area contributed by atoms with Gasteiger partial charge in [0, 0.05) is 5.56 Å². The summed E-state index contributed by atoms with van der Waals surface area (Å²) in [7, 11) is 0. The molecule has 0 bridgehead atoms. The topological polar surface area (TPSA) is 51.5 Å². The fourth-order valence-corrected chi connectivity index (χ4v) is 3.84. The molecule has 0 N–H and O–H groups in total. The van der Waals surface area contributed by atoms with Crippen LogP contribution in [0.25, 0.3) is 11.1 Å². The van der Waals surface area contributed by atoms with Crippen LogP contribution in [0.1, 0.15) is 45.1 Å². The van der Waals surface area contributed by atoms with Gasteiger partial charge in [-0.25, -0.2) is 0 Å². The Morgan fingerprint density at radius 1 is 0.939 bits per heavy atom. The first-order chi connectivity index (χ1) is 16.1. The second kappa shape index (κ2) is 12.5. The number of nitrogens with zero attached hydrogens (tertiary/aromatic N) is 1. The average Bonchev–Trinajstić information content (AvgIpc) is 2.84. The highest BCUT2D eigenvalue weighted by atomic mass is 16.7. The largest absolute Gasteiger partial charge is 0.491 e. The Bertz CT molecular complexity index is 992. The van der Waals surface area contributed by atoms with E-state index in [0.717, 1.165) is 23.3 Å². The second-order valence-electron chi connectivity index (χ2n) is 8.19. The van der Waals surface area contributed by atoms with Gasteiger partial charge in [0.25, 0.3) is 0 Å². The Balaban J connectivity index is 1.47. The van der Waals surface area contributed by atoms with Gasteiger partial charge in [-0.15, -0.1) is 0 Å². The fraction of sp³-hybridized carbons (Fsp3) is 0.345. The summed E-state index contributed by atoms with van der Waals surface area (Å²) in [4.78, 5) is 0. The van der Waals surface area contributed by atoms with Crippen molar-refractivity contribution < 1.29 is 14.2 Å². The van der Waals surface area contributed by atoms with Crippen molar-refractivity contribution in [2.45, 2.75) is 45.8 Å². The van der Waals surface area contributed by atoms with Crippen LogP contribution in [0.2, 0.25) is 0 Å². The number of benzene rings is 2. The molecule has 3 aromatic carbocycles. The molecule has 0 saturated heterocycles. The molecule has 0 aliphatic heterocycles. The highest BCUT2D eigenvalue weighted by Gasteiger charge is 2.15. The van der Waals surface area contributed by atoms with Crippen molar-refractivity contribution in [3.8, 4) is 28.7 Å². The van der Waals surface area contributed by atoms with Crippen LogP contribution in [-0.2, 0) is 4.74 Å². The minimum atomic E-state index is -0.635. The quantitative estimate of drug-likeness (QED) is 0.229. The van der Waals surface area contributed by atoms with E-state index in [1.807, 2.05) is 54.6 Å². The number of ether oxygens (including phenoxy) is 3. The van der Waals surface area contributed by atoms with Crippen LogP contribution >= 0.6 is 0 Å². The zero-order valence-electron chi connectivity index (χ0n) is 19.6. The first-order valence-corrected chi connectivity index (χ1v) is 11.5. The second-order valence-corrected chi connectivity index (χ2v) is 8.19. The Labute approximate surface area is 197 Å². The maximum absolute atomic E-state index is 9.13. The molecule has 0 aliphatic carbocycles. The van der Waals surface area contributed by atoms with Crippen LogP contribution in [-0.4, -0.2) is 19.5 Å². The first kappa shape index (κ1) is 24.2. The lowest BCUT2D eigenvalue weighted by Crippen LogP contribution is -2.23. The Morgan fingerprint density at radius 2 is 1.67 bits per heavy atom. The van der Waals surface area contributed by atoms with Gasteiger partial charge in [0.15, 0.2) is 0 Å². The summed E-state index contributed by atoms with van der Waals surface area (Å²) in [6.45, 7) is 7.38. The van der Waals surface area contributed by atoms with E-state index in [0.29, 0.717) is 30.8 Å². The third-order valence-electron chi connectivity index (χ3n) is 5.55. The van der Waals surface area contributed by atoms with E-state index in [1.54, 1.807) is 0 Å². The summed E-state index contributed by atoms with van der Waals surface area (Å²) in [5.74, 6) is 2.57. The molecule has 0 aromatic heterocycles. The van der Waals surface area contributed by atoms with Crippen LogP contribution < -0.4 is 9.47 Å². The summed E-state index contributed by atoms with van der Waals surface area (Å²) in [5, 5.41) is 9.13. The lowest BCUT2D eigenvalue weighted by molar-refractivity contribution is -0.0830. The molecule has 33 heavy (non-hydrogen) atoms. The molecule has 0 heterocycles. The Kier molecular flexibility index (Phi) is 9.19. The van der Waals surface area contributed by atoms with Crippen molar-refractivity contribution in [1.82, 2.24) is 0 Å². The van der Waals surface area contributed by atoms with Gasteiger partial charge < -0.3 is 14.2 Å². The maximum atomic E-state index is 9.13. The number of nitriles is 1. The Morgan fingerprint density at radius 3 is 2.27 bits per heavy atom. The van der Waals surface area contributed by atoms with Gasteiger partial charge in [0.05, 0.1) is 19.1 Å². The number of rotatable bonds is 12. The minimum absolute atomic E-state index is 0.143. The molecule has 2 atom stereocenters. The van der Waals surface area contributed by atoms with Crippen LogP contribution in [0.4, 0.5) is 0 Å². The summed E-state index contributed by atoms with van der Waals surface area (Å²) in [6.07, 6.45) is 0.609. The molecule has 0 saturated carbocycles. The van der Waals surface area contributed by atoms with Crippen LogP contribution in [0.3, 0.4) is 0 Å². The van der Waals surface area contributed by atoms with Gasteiger partial charge in [-0.2, -0.15) is 5.26 Å². The SMILES string of the molecule is CCC(c1ccc(OC(CC#N)OCCOc2ccc(-c3c#cccc3)cc2)cc1)C(C)C. The van der Waals surface area contributed by atoms with Crippen molar-refractivity contribution >= 4 is 0 Å². The molecule has 0 amide bonds. The van der Waals surface area contributed by atoms with Crippen molar-refractivity contribution in [2.24, 2.45) is 5.92 Å². The minimum Gasteiger partial charge on any atom is -0.491 e. The molecule has 4 nitrogen and oxygen atoms in total. The van der Waals surface area contributed by atoms with E-state index in [-0.39, 0.29) is 6.42 Å². The summed E-state index contributed by atoms with van der Waals surface area (Å²) >= 11 is 0. The summed E-state index contributed by atoms with van der Waals surface area (Å²) in [5.41, 5.74) is 3.36. The average molecular weight is 442 g/mol.